The van der Waals surface area contributed by atoms with E-state index in [9.17, 15) is 9.59 Å². The molecule has 1 aromatic carbocycles. The molecular formula is C22H21ClN4O2. The predicted octanol–water partition coefficient (Wildman–Crippen LogP) is 2.76. The zero-order chi connectivity index (χ0) is 20.4. The highest BCUT2D eigenvalue weighted by molar-refractivity contribution is 6.33. The Morgan fingerprint density at radius 1 is 1.24 bits per heavy atom. The molecule has 29 heavy (non-hydrogen) atoms. The molecule has 2 aliphatic heterocycles. The number of pyridine rings is 1. The molecule has 1 fully saturated rings. The van der Waals surface area contributed by atoms with Crippen LogP contribution in [0, 0.1) is 0 Å². The van der Waals surface area contributed by atoms with Gasteiger partial charge in [-0.3, -0.25) is 19.6 Å². The number of nitrogens with zero attached hydrogens (tertiary/aromatic N) is 3. The molecule has 7 heteroatoms. The van der Waals surface area contributed by atoms with Gasteiger partial charge in [0.1, 0.15) is 11.3 Å². The SMILES string of the molecule is NC(=O)C1(c2ccc(Cl)c(-c3ccccn3)c2)C=CC(N2CCCC(=O)C2)=NC1. The number of rotatable bonds is 3. The van der Waals surface area contributed by atoms with Gasteiger partial charge >= 0.3 is 0 Å². The lowest BCUT2D eigenvalue weighted by Crippen LogP contribution is -2.47. The van der Waals surface area contributed by atoms with Gasteiger partial charge < -0.3 is 10.6 Å². The monoisotopic (exact) mass is 408 g/mol. The summed E-state index contributed by atoms with van der Waals surface area (Å²) in [7, 11) is 0. The average Bonchev–Trinajstić information content (AvgIpc) is 2.74. The summed E-state index contributed by atoms with van der Waals surface area (Å²) >= 11 is 6.39. The van der Waals surface area contributed by atoms with E-state index in [0.29, 0.717) is 29.4 Å². The van der Waals surface area contributed by atoms with Gasteiger partial charge in [0.15, 0.2) is 5.78 Å². The fourth-order valence-electron chi connectivity index (χ4n) is 3.78. The van der Waals surface area contributed by atoms with Crippen LogP contribution in [-0.2, 0) is 15.0 Å². The van der Waals surface area contributed by atoms with E-state index in [4.69, 9.17) is 17.3 Å². The van der Waals surface area contributed by atoms with Crippen molar-refractivity contribution in [1.29, 1.82) is 0 Å². The molecule has 1 saturated heterocycles. The van der Waals surface area contributed by atoms with Crippen molar-refractivity contribution in [2.24, 2.45) is 10.7 Å². The number of halogens is 1. The molecule has 0 bridgehead atoms. The molecule has 3 heterocycles. The van der Waals surface area contributed by atoms with Crippen LogP contribution in [0.15, 0.2) is 59.7 Å². The van der Waals surface area contributed by atoms with Crippen molar-refractivity contribution in [3.8, 4) is 11.3 Å². The van der Waals surface area contributed by atoms with Gasteiger partial charge in [0.05, 0.1) is 18.8 Å². The Kier molecular flexibility index (Phi) is 5.20. The number of amidine groups is 1. The van der Waals surface area contributed by atoms with E-state index < -0.39 is 11.3 Å². The molecule has 1 atom stereocenters. The van der Waals surface area contributed by atoms with Crippen LogP contribution >= 0.6 is 11.6 Å². The fourth-order valence-corrected chi connectivity index (χ4v) is 3.99. The summed E-state index contributed by atoms with van der Waals surface area (Å²) in [5.41, 5.74) is 6.92. The summed E-state index contributed by atoms with van der Waals surface area (Å²) in [4.78, 5) is 35.2. The third kappa shape index (κ3) is 3.68. The van der Waals surface area contributed by atoms with E-state index in [0.717, 1.165) is 24.2 Å². The third-order valence-corrected chi connectivity index (χ3v) is 5.77. The number of Topliss-reactive ketones (excluding diaryl/α,β-unsaturated/α-hetero) is 1. The summed E-state index contributed by atoms with van der Waals surface area (Å²) in [5, 5.41) is 0.544. The summed E-state index contributed by atoms with van der Waals surface area (Å²) < 4.78 is 0. The number of hydrogen-bond donors (Lipinski definition) is 1. The number of benzene rings is 1. The average molecular weight is 409 g/mol. The number of carbonyl (C=O) groups is 2. The number of piperidine rings is 1. The van der Waals surface area contributed by atoms with Crippen molar-refractivity contribution in [2.75, 3.05) is 19.6 Å². The molecule has 0 saturated carbocycles. The molecule has 4 rings (SSSR count). The first kappa shape index (κ1) is 19.3. The lowest BCUT2D eigenvalue weighted by atomic mass is 9.77. The van der Waals surface area contributed by atoms with Crippen LogP contribution in [0.5, 0.6) is 0 Å². The number of aromatic nitrogens is 1. The van der Waals surface area contributed by atoms with Crippen LogP contribution < -0.4 is 5.73 Å². The van der Waals surface area contributed by atoms with Crippen LogP contribution in [0.1, 0.15) is 18.4 Å². The molecule has 0 aliphatic carbocycles. The Labute approximate surface area is 174 Å². The topological polar surface area (TPSA) is 88.7 Å². The van der Waals surface area contributed by atoms with Gasteiger partial charge in [-0.15, -0.1) is 0 Å². The Hall–Kier alpha value is -2.99. The van der Waals surface area contributed by atoms with Crippen LogP contribution in [0.25, 0.3) is 11.3 Å². The minimum Gasteiger partial charge on any atom is -0.369 e. The first-order chi connectivity index (χ1) is 14.0. The summed E-state index contributed by atoms with van der Waals surface area (Å²) in [6.07, 6.45) is 6.71. The number of ketones is 1. The molecule has 1 unspecified atom stereocenters. The molecule has 2 aliphatic rings. The highest BCUT2D eigenvalue weighted by Crippen LogP contribution is 2.35. The molecule has 148 valence electrons. The molecule has 1 aromatic heterocycles. The van der Waals surface area contributed by atoms with E-state index in [2.05, 4.69) is 9.98 Å². The van der Waals surface area contributed by atoms with Crippen molar-refractivity contribution < 1.29 is 9.59 Å². The van der Waals surface area contributed by atoms with Crippen molar-refractivity contribution in [3.63, 3.8) is 0 Å². The summed E-state index contributed by atoms with van der Waals surface area (Å²) in [5.74, 6) is 0.436. The maximum absolute atomic E-state index is 12.5. The number of primary amides is 1. The van der Waals surface area contributed by atoms with E-state index in [1.54, 1.807) is 30.5 Å². The number of nitrogens with two attached hydrogens (primary N) is 1. The van der Waals surface area contributed by atoms with Crippen LogP contribution in [0.2, 0.25) is 5.02 Å². The number of carbonyl (C=O) groups excluding carboxylic acids is 2. The molecular weight excluding hydrogens is 388 g/mol. The van der Waals surface area contributed by atoms with Crippen molar-refractivity contribution in [2.45, 2.75) is 18.3 Å². The third-order valence-electron chi connectivity index (χ3n) is 5.44. The number of dihydropyridines is 1. The molecule has 0 radical (unpaired) electrons. The number of amides is 1. The minimum absolute atomic E-state index is 0.183. The highest BCUT2D eigenvalue weighted by atomic mass is 35.5. The Morgan fingerprint density at radius 3 is 2.76 bits per heavy atom. The van der Waals surface area contributed by atoms with E-state index >= 15 is 0 Å². The molecule has 2 aromatic rings. The normalized spacial score (nSPS) is 21.8. The minimum atomic E-state index is -1.07. The van der Waals surface area contributed by atoms with Gasteiger partial charge in [-0.1, -0.05) is 29.8 Å². The fraction of sp³-hybridized carbons (Fsp3) is 0.273. The van der Waals surface area contributed by atoms with Gasteiger partial charge in [-0.05, 0) is 42.3 Å². The van der Waals surface area contributed by atoms with Gasteiger partial charge in [0.25, 0.3) is 0 Å². The largest absolute Gasteiger partial charge is 0.369 e. The Bertz CT molecular complexity index is 1020. The van der Waals surface area contributed by atoms with Crippen molar-refractivity contribution >= 4 is 29.1 Å². The smallest absolute Gasteiger partial charge is 0.233 e. The van der Waals surface area contributed by atoms with Crippen LogP contribution in [-0.4, -0.2) is 47.0 Å². The Balaban J connectivity index is 1.68. The molecule has 0 spiro atoms. The summed E-state index contributed by atoms with van der Waals surface area (Å²) in [6.45, 7) is 1.32. The zero-order valence-corrected chi connectivity index (χ0v) is 16.6. The number of aliphatic imine (C=N–C) groups is 1. The van der Waals surface area contributed by atoms with Gasteiger partial charge in [0, 0.05) is 29.7 Å². The number of hydrogen-bond acceptors (Lipinski definition) is 5. The van der Waals surface area contributed by atoms with Gasteiger partial charge in [0.2, 0.25) is 5.91 Å². The first-order valence-electron chi connectivity index (χ1n) is 9.51. The lowest BCUT2D eigenvalue weighted by Gasteiger charge is -2.34. The van der Waals surface area contributed by atoms with Crippen molar-refractivity contribution in [1.82, 2.24) is 9.88 Å². The first-order valence-corrected chi connectivity index (χ1v) is 9.89. The second kappa shape index (κ2) is 7.79. The second-order valence-corrected chi connectivity index (χ2v) is 7.72. The predicted molar refractivity (Wildman–Crippen MR) is 113 cm³/mol. The maximum Gasteiger partial charge on any atom is 0.233 e. The van der Waals surface area contributed by atoms with Gasteiger partial charge in [-0.2, -0.15) is 0 Å². The maximum atomic E-state index is 12.5. The van der Waals surface area contributed by atoms with E-state index in [1.165, 1.54) is 0 Å². The Morgan fingerprint density at radius 2 is 2.10 bits per heavy atom. The van der Waals surface area contributed by atoms with Crippen LogP contribution in [0.3, 0.4) is 0 Å². The van der Waals surface area contributed by atoms with E-state index in [1.807, 2.05) is 29.2 Å². The standard InChI is InChI=1S/C22H21ClN4O2/c23-18-7-6-15(12-17(18)19-5-1-2-10-25-19)22(21(24)29)9-8-20(26-14-22)27-11-3-4-16(28)13-27/h1-2,5-10,12H,3-4,11,13-14H2,(H2,24,29). The highest BCUT2D eigenvalue weighted by Gasteiger charge is 2.39. The van der Waals surface area contributed by atoms with E-state index in [-0.39, 0.29) is 12.3 Å². The summed E-state index contributed by atoms with van der Waals surface area (Å²) in [6, 6.07) is 11.0. The molecule has 6 nitrogen and oxygen atoms in total. The molecule has 2 N–H and O–H groups in total. The van der Waals surface area contributed by atoms with Crippen molar-refractivity contribution in [3.05, 3.63) is 65.3 Å². The quantitative estimate of drug-likeness (QED) is 0.845. The molecule has 1 amide bonds. The second-order valence-electron chi connectivity index (χ2n) is 7.32. The lowest BCUT2D eigenvalue weighted by molar-refractivity contribution is -0.122. The zero-order valence-electron chi connectivity index (χ0n) is 15.8. The van der Waals surface area contributed by atoms with Crippen LogP contribution in [0.4, 0.5) is 0 Å². The number of likely N-dealkylation sites (tertiary alicyclic amines) is 1. The van der Waals surface area contributed by atoms with Gasteiger partial charge in [-0.25, -0.2) is 0 Å².